The molecule has 82 valence electrons. The van der Waals surface area contributed by atoms with Crippen molar-refractivity contribution >= 4 is 28.9 Å². The molecular formula is C10H8FIN4. The Labute approximate surface area is 105 Å². The van der Waals surface area contributed by atoms with Crippen molar-refractivity contribution in [2.75, 3.05) is 5.01 Å². The molecule has 0 aromatic carbocycles. The van der Waals surface area contributed by atoms with E-state index in [4.69, 9.17) is 0 Å². The molecule has 2 atom stereocenters. The van der Waals surface area contributed by atoms with E-state index in [1.807, 2.05) is 51.9 Å². The Bertz CT molecular complexity index is 485. The van der Waals surface area contributed by atoms with Crippen molar-refractivity contribution in [1.29, 1.82) is 0 Å². The number of aromatic nitrogens is 2. The van der Waals surface area contributed by atoms with Gasteiger partial charge in [0.25, 0.3) is 0 Å². The van der Waals surface area contributed by atoms with Crippen molar-refractivity contribution < 1.29 is 4.39 Å². The van der Waals surface area contributed by atoms with Crippen LogP contribution >= 0.6 is 22.6 Å². The highest BCUT2D eigenvalue weighted by Crippen LogP contribution is 2.19. The second-order valence-corrected chi connectivity index (χ2v) is 4.61. The van der Waals surface area contributed by atoms with E-state index in [1.165, 1.54) is 11.0 Å². The van der Waals surface area contributed by atoms with E-state index in [-0.39, 0.29) is 17.9 Å². The van der Waals surface area contributed by atoms with Gasteiger partial charge in [0.2, 0.25) is 0 Å². The van der Waals surface area contributed by atoms with Gasteiger partial charge in [-0.3, -0.25) is 4.99 Å². The van der Waals surface area contributed by atoms with Gasteiger partial charge >= 0.3 is 0 Å². The third-order valence-corrected chi connectivity index (χ3v) is 3.32. The average Bonchev–Trinajstić information content (AvgIpc) is 2.83. The molecule has 0 fully saturated rings. The summed E-state index contributed by atoms with van der Waals surface area (Å²) in [6.07, 6.45) is 11.0. The van der Waals surface area contributed by atoms with Crippen molar-refractivity contribution in [3.8, 4) is 0 Å². The first-order chi connectivity index (χ1) is 7.75. The van der Waals surface area contributed by atoms with Gasteiger partial charge in [-0.2, -0.15) is 4.79 Å². The van der Waals surface area contributed by atoms with Gasteiger partial charge in [0.15, 0.2) is 9.52 Å². The Morgan fingerprint density at radius 3 is 2.88 bits per heavy atom. The summed E-state index contributed by atoms with van der Waals surface area (Å²) in [5.74, 6) is -0.312. The molecule has 0 radical (unpaired) electrons. The highest BCUT2D eigenvalue weighted by molar-refractivity contribution is 14.1. The third kappa shape index (κ3) is 1.48. The van der Waals surface area contributed by atoms with Crippen molar-refractivity contribution in [3.63, 3.8) is 0 Å². The molecule has 2 unspecified atom stereocenters. The lowest BCUT2D eigenvalue weighted by molar-refractivity contribution is 0.567. The normalized spacial score (nSPS) is 26.5. The number of hydrogen-bond donors (Lipinski definition) is 0. The van der Waals surface area contributed by atoms with Crippen LogP contribution < -0.4 is 5.01 Å². The van der Waals surface area contributed by atoms with Crippen molar-refractivity contribution in [1.82, 2.24) is 9.89 Å². The predicted molar refractivity (Wildman–Crippen MR) is 67.5 cm³/mol. The minimum Gasteiger partial charge on any atom is -0.264 e. The Balaban J connectivity index is 1.94. The zero-order chi connectivity index (χ0) is 11.1. The standard InChI is InChI=1S/C10H8FIN4/c11-7-5-16(14-10(7)12)15-6-13-8-3-1-2-4-9(8)15/h1-6,8-9H. The minimum absolute atomic E-state index is 0.0973. The van der Waals surface area contributed by atoms with Crippen molar-refractivity contribution in [2.45, 2.75) is 12.1 Å². The zero-order valence-corrected chi connectivity index (χ0v) is 10.3. The van der Waals surface area contributed by atoms with Crippen LogP contribution in [0.15, 0.2) is 35.5 Å². The van der Waals surface area contributed by atoms with Crippen LogP contribution in [0.1, 0.15) is 0 Å². The molecule has 2 heterocycles. The van der Waals surface area contributed by atoms with Gasteiger partial charge in [-0.15, -0.1) is 5.10 Å². The molecule has 16 heavy (non-hydrogen) atoms. The lowest BCUT2D eigenvalue weighted by Gasteiger charge is -2.24. The first-order valence-electron chi connectivity index (χ1n) is 4.83. The lowest BCUT2D eigenvalue weighted by Crippen LogP contribution is -2.42. The van der Waals surface area contributed by atoms with Crippen molar-refractivity contribution in [3.05, 3.63) is 40.0 Å². The number of hydrogen-bond acceptors (Lipinski definition) is 3. The first-order valence-corrected chi connectivity index (χ1v) is 5.91. The fourth-order valence-electron chi connectivity index (χ4n) is 1.82. The number of nitrogens with zero attached hydrogens (tertiary/aromatic N) is 4. The predicted octanol–water partition coefficient (Wildman–Crippen LogP) is 1.47. The van der Waals surface area contributed by atoms with E-state index in [0.717, 1.165) is 0 Å². The van der Waals surface area contributed by atoms with E-state index >= 15 is 0 Å². The van der Waals surface area contributed by atoms with Crippen LogP contribution in [0.4, 0.5) is 4.39 Å². The number of halogens is 2. The Kier molecular flexibility index (Phi) is 2.31. The maximum Gasteiger partial charge on any atom is 0.176 e. The number of rotatable bonds is 1. The second-order valence-electron chi connectivity index (χ2n) is 3.58. The molecule has 0 N–H and O–H groups in total. The SMILES string of the molecule is Fc1cn(N2C=NC3C=CC=CC32)nc1I. The monoisotopic (exact) mass is 330 g/mol. The van der Waals surface area contributed by atoms with Gasteiger partial charge in [-0.1, -0.05) is 24.3 Å². The summed E-state index contributed by atoms with van der Waals surface area (Å²) in [6.45, 7) is 0. The maximum atomic E-state index is 13.2. The molecule has 0 spiro atoms. The molecule has 0 amide bonds. The minimum atomic E-state index is -0.312. The Morgan fingerprint density at radius 2 is 2.12 bits per heavy atom. The van der Waals surface area contributed by atoms with Gasteiger partial charge in [-0.05, 0) is 22.6 Å². The molecule has 0 bridgehead atoms. The molecule has 4 nitrogen and oxygen atoms in total. The van der Waals surface area contributed by atoms with Crippen LogP contribution in [0.5, 0.6) is 0 Å². The summed E-state index contributed by atoms with van der Waals surface area (Å²) in [4.78, 5) is 5.83. The van der Waals surface area contributed by atoms with E-state index < -0.39 is 0 Å². The van der Waals surface area contributed by atoms with E-state index in [0.29, 0.717) is 3.70 Å². The topological polar surface area (TPSA) is 33.4 Å². The number of aliphatic imine (C=N–C) groups is 1. The average molecular weight is 330 g/mol. The fourth-order valence-corrected chi connectivity index (χ4v) is 2.18. The largest absolute Gasteiger partial charge is 0.264 e. The van der Waals surface area contributed by atoms with Crippen molar-refractivity contribution in [2.24, 2.45) is 4.99 Å². The lowest BCUT2D eigenvalue weighted by atomic mass is 10.1. The summed E-state index contributed by atoms with van der Waals surface area (Å²) >= 11 is 1.87. The zero-order valence-electron chi connectivity index (χ0n) is 8.16. The van der Waals surface area contributed by atoms with Crippen LogP contribution in [0, 0.1) is 9.52 Å². The molecule has 2 aliphatic rings. The molecule has 1 aliphatic carbocycles. The Hall–Kier alpha value is -1.18. The summed E-state index contributed by atoms with van der Waals surface area (Å²) in [7, 11) is 0. The quantitative estimate of drug-likeness (QED) is 0.731. The van der Waals surface area contributed by atoms with E-state index in [2.05, 4.69) is 10.1 Å². The maximum absolute atomic E-state index is 13.2. The first kappa shape index (κ1) is 10.0. The van der Waals surface area contributed by atoms with Gasteiger partial charge in [0, 0.05) is 0 Å². The molecule has 1 aromatic heterocycles. The van der Waals surface area contributed by atoms with E-state index in [9.17, 15) is 4.39 Å². The molecule has 6 heteroatoms. The smallest absolute Gasteiger partial charge is 0.176 e. The molecule has 0 saturated carbocycles. The van der Waals surface area contributed by atoms with Gasteiger partial charge < -0.3 is 0 Å². The fraction of sp³-hybridized carbons (Fsp3) is 0.200. The summed E-state index contributed by atoms with van der Waals surface area (Å²) in [5.41, 5.74) is 0. The molecular weight excluding hydrogens is 322 g/mol. The molecule has 0 saturated heterocycles. The van der Waals surface area contributed by atoms with Crippen LogP contribution in [0.3, 0.4) is 0 Å². The number of allylic oxidation sites excluding steroid dienone is 2. The third-order valence-electron chi connectivity index (χ3n) is 2.59. The highest BCUT2D eigenvalue weighted by Gasteiger charge is 2.30. The van der Waals surface area contributed by atoms with Crippen LogP contribution in [-0.4, -0.2) is 28.3 Å². The van der Waals surface area contributed by atoms with Crippen LogP contribution in [0.25, 0.3) is 0 Å². The van der Waals surface area contributed by atoms with Crippen LogP contribution in [-0.2, 0) is 0 Å². The summed E-state index contributed by atoms with van der Waals surface area (Å²) in [5, 5.41) is 5.90. The molecule has 1 aliphatic heterocycles. The van der Waals surface area contributed by atoms with Crippen LogP contribution in [0.2, 0.25) is 0 Å². The van der Waals surface area contributed by atoms with Gasteiger partial charge in [-0.25, -0.2) is 9.40 Å². The summed E-state index contributed by atoms with van der Waals surface area (Å²) in [6, 6.07) is 0.204. The number of fused-ring (bicyclic) bond motifs is 1. The highest BCUT2D eigenvalue weighted by atomic mass is 127. The molecule has 1 aromatic rings. The second kappa shape index (κ2) is 3.69. The van der Waals surface area contributed by atoms with Gasteiger partial charge in [0.1, 0.15) is 6.34 Å². The molecule has 3 rings (SSSR count). The van der Waals surface area contributed by atoms with E-state index in [1.54, 1.807) is 6.34 Å². The Morgan fingerprint density at radius 1 is 1.31 bits per heavy atom. The summed E-state index contributed by atoms with van der Waals surface area (Å²) < 4.78 is 13.6. The van der Waals surface area contributed by atoms with Gasteiger partial charge in [0.05, 0.1) is 18.3 Å².